The van der Waals surface area contributed by atoms with Crippen molar-refractivity contribution in [3.63, 3.8) is 0 Å². The fourth-order valence-electron chi connectivity index (χ4n) is 2.80. The van der Waals surface area contributed by atoms with Crippen LogP contribution in [0.1, 0.15) is 38.9 Å². The van der Waals surface area contributed by atoms with Crippen LogP contribution in [0.25, 0.3) is 0 Å². The van der Waals surface area contributed by atoms with Crippen LogP contribution in [-0.4, -0.2) is 23.4 Å². The van der Waals surface area contributed by atoms with E-state index in [4.69, 9.17) is 4.74 Å². The van der Waals surface area contributed by atoms with Gasteiger partial charge in [0, 0.05) is 24.0 Å². The van der Waals surface area contributed by atoms with Gasteiger partial charge < -0.3 is 15.4 Å². The van der Waals surface area contributed by atoms with Crippen molar-refractivity contribution < 1.29 is 14.3 Å². The summed E-state index contributed by atoms with van der Waals surface area (Å²) in [5.74, 6) is 0.0856. The summed E-state index contributed by atoms with van der Waals surface area (Å²) in [6.07, 6.45) is 1.45. The van der Waals surface area contributed by atoms with E-state index < -0.39 is 0 Å². The van der Waals surface area contributed by atoms with E-state index in [-0.39, 0.29) is 17.5 Å². The van der Waals surface area contributed by atoms with Crippen LogP contribution < -0.4 is 15.4 Å². The normalized spacial score (nSPS) is 10.3. The number of carbonyl (C=O) groups excluding carboxylic acids is 2. The van der Waals surface area contributed by atoms with Gasteiger partial charge in [0.25, 0.3) is 11.8 Å². The van der Waals surface area contributed by atoms with E-state index >= 15 is 0 Å². The highest BCUT2D eigenvalue weighted by atomic mass is 16.5. The summed E-state index contributed by atoms with van der Waals surface area (Å²) in [6, 6.07) is 18.1. The molecule has 6 heteroatoms. The molecule has 1 aromatic heterocycles. The monoisotopic (exact) mass is 389 g/mol. The number of aryl methyl sites for hydroxylation is 1. The maximum Gasteiger partial charge on any atom is 0.274 e. The zero-order chi connectivity index (χ0) is 20.6. The van der Waals surface area contributed by atoms with Crippen molar-refractivity contribution >= 4 is 17.5 Å². The van der Waals surface area contributed by atoms with Crippen molar-refractivity contribution in [1.82, 2.24) is 10.3 Å². The molecular weight excluding hydrogens is 366 g/mol. The Labute approximate surface area is 169 Å². The SMILES string of the molecule is CCOc1ccc(NC(=O)c2cc(C(=O)NCc3cccc(C)c3)ccn2)cc1. The van der Waals surface area contributed by atoms with Crippen molar-refractivity contribution in [2.75, 3.05) is 11.9 Å². The number of ether oxygens (including phenoxy) is 1. The summed E-state index contributed by atoms with van der Waals surface area (Å²) in [7, 11) is 0. The molecule has 0 bridgehead atoms. The molecule has 0 fully saturated rings. The second-order valence-electron chi connectivity index (χ2n) is 6.51. The molecule has 3 aromatic rings. The van der Waals surface area contributed by atoms with E-state index in [2.05, 4.69) is 15.6 Å². The third-order valence-electron chi connectivity index (χ3n) is 4.21. The molecule has 0 aliphatic heterocycles. The van der Waals surface area contributed by atoms with Crippen LogP contribution in [0.4, 0.5) is 5.69 Å². The van der Waals surface area contributed by atoms with Gasteiger partial charge in [-0.25, -0.2) is 0 Å². The number of anilines is 1. The van der Waals surface area contributed by atoms with Crippen molar-refractivity contribution in [1.29, 1.82) is 0 Å². The molecule has 0 radical (unpaired) electrons. The Morgan fingerprint density at radius 2 is 1.79 bits per heavy atom. The van der Waals surface area contributed by atoms with Gasteiger partial charge in [-0.1, -0.05) is 29.8 Å². The fourth-order valence-corrected chi connectivity index (χ4v) is 2.80. The predicted molar refractivity (Wildman–Crippen MR) is 112 cm³/mol. The lowest BCUT2D eigenvalue weighted by atomic mass is 10.1. The zero-order valence-electron chi connectivity index (χ0n) is 16.4. The van der Waals surface area contributed by atoms with E-state index in [0.29, 0.717) is 24.4 Å². The Morgan fingerprint density at radius 3 is 2.52 bits per heavy atom. The second-order valence-corrected chi connectivity index (χ2v) is 6.51. The minimum atomic E-state index is -0.387. The summed E-state index contributed by atoms with van der Waals surface area (Å²) in [5.41, 5.74) is 3.32. The van der Waals surface area contributed by atoms with Crippen molar-refractivity contribution in [2.45, 2.75) is 20.4 Å². The van der Waals surface area contributed by atoms with E-state index in [1.165, 1.54) is 12.3 Å². The molecule has 0 saturated carbocycles. The number of amides is 2. The number of aromatic nitrogens is 1. The third kappa shape index (κ3) is 5.65. The molecule has 2 amide bonds. The van der Waals surface area contributed by atoms with Crippen LogP contribution in [-0.2, 0) is 6.54 Å². The largest absolute Gasteiger partial charge is 0.494 e. The first-order chi connectivity index (χ1) is 14.0. The number of rotatable bonds is 7. The van der Waals surface area contributed by atoms with Crippen LogP contribution in [0, 0.1) is 6.92 Å². The van der Waals surface area contributed by atoms with Gasteiger partial charge in [-0.3, -0.25) is 14.6 Å². The summed E-state index contributed by atoms with van der Waals surface area (Å²) in [4.78, 5) is 29.0. The first-order valence-corrected chi connectivity index (χ1v) is 9.39. The molecule has 2 N–H and O–H groups in total. The number of carbonyl (C=O) groups is 2. The molecule has 29 heavy (non-hydrogen) atoms. The topological polar surface area (TPSA) is 80.3 Å². The first-order valence-electron chi connectivity index (χ1n) is 9.39. The highest BCUT2D eigenvalue weighted by Gasteiger charge is 2.12. The Bertz CT molecular complexity index is 1000. The average molecular weight is 389 g/mol. The van der Waals surface area contributed by atoms with Crippen LogP contribution in [0.5, 0.6) is 5.75 Å². The van der Waals surface area contributed by atoms with E-state index in [1.807, 2.05) is 38.1 Å². The Hall–Kier alpha value is -3.67. The molecule has 0 aliphatic carbocycles. The number of hydrogen-bond acceptors (Lipinski definition) is 4. The lowest BCUT2D eigenvalue weighted by Crippen LogP contribution is -2.23. The predicted octanol–water partition coefficient (Wildman–Crippen LogP) is 3.97. The summed E-state index contributed by atoms with van der Waals surface area (Å²) < 4.78 is 5.38. The van der Waals surface area contributed by atoms with Gasteiger partial charge in [0.15, 0.2) is 0 Å². The van der Waals surface area contributed by atoms with Gasteiger partial charge in [-0.2, -0.15) is 0 Å². The van der Waals surface area contributed by atoms with Crippen molar-refractivity contribution in [2.24, 2.45) is 0 Å². The zero-order valence-corrected chi connectivity index (χ0v) is 16.4. The minimum Gasteiger partial charge on any atom is -0.494 e. The van der Waals surface area contributed by atoms with Gasteiger partial charge in [0.05, 0.1) is 6.61 Å². The number of nitrogens with one attached hydrogen (secondary N) is 2. The molecule has 0 atom stereocenters. The standard InChI is InChI=1S/C23H23N3O3/c1-3-29-20-9-7-19(8-10-20)26-23(28)21-14-18(11-12-24-21)22(27)25-15-17-6-4-5-16(2)13-17/h4-14H,3,15H2,1-2H3,(H,25,27)(H,26,28). The van der Waals surface area contributed by atoms with Crippen LogP contribution >= 0.6 is 0 Å². The number of nitrogens with zero attached hydrogens (tertiary/aromatic N) is 1. The van der Waals surface area contributed by atoms with Gasteiger partial charge >= 0.3 is 0 Å². The molecule has 2 aromatic carbocycles. The molecule has 0 unspecified atom stereocenters. The average Bonchev–Trinajstić information content (AvgIpc) is 2.74. The third-order valence-corrected chi connectivity index (χ3v) is 4.21. The molecule has 6 nitrogen and oxygen atoms in total. The highest BCUT2D eigenvalue weighted by Crippen LogP contribution is 2.16. The Kier molecular flexibility index (Phi) is 6.58. The Morgan fingerprint density at radius 1 is 1.00 bits per heavy atom. The first kappa shape index (κ1) is 20.1. The number of pyridine rings is 1. The quantitative estimate of drug-likeness (QED) is 0.641. The van der Waals surface area contributed by atoms with Crippen molar-refractivity contribution in [3.8, 4) is 5.75 Å². The number of hydrogen-bond donors (Lipinski definition) is 2. The van der Waals surface area contributed by atoms with E-state index in [1.54, 1.807) is 30.3 Å². The molecule has 0 spiro atoms. The molecule has 0 aliphatic rings. The summed E-state index contributed by atoms with van der Waals surface area (Å²) in [5, 5.41) is 5.63. The molecule has 0 saturated heterocycles. The van der Waals surface area contributed by atoms with Crippen molar-refractivity contribution in [3.05, 3.63) is 89.2 Å². The summed E-state index contributed by atoms with van der Waals surface area (Å²) in [6.45, 7) is 4.90. The molecule has 148 valence electrons. The maximum atomic E-state index is 12.5. The smallest absolute Gasteiger partial charge is 0.274 e. The maximum absolute atomic E-state index is 12.5. The van der Waals surface area contributed by atoms with Crippen LogP contribution in [0.15, 0.2) is 66.9 Å². The van der Waals surface area contributed by atoms with E-state index in [9.17, 15) is 9.59 Å². The Balaban J connectivity index is 1.63. The van der Waals surface area contributed by atoms with Crippen LogP contribution in [0.3, 0.4) is 0 Å². The minimum absolute atomic E-state index is 0.169. The van der Waals surface area contributed by atoms with Gasteiger partial charge in [0.1, 0.15) is 11.4 Å². The lowest BCUT2D eigenvalue weighted by molar-refractivity contribution is 0.0950. The lowest BCUT2D eigenvalue weighted by Gasteiger charge is -2.09. The second kappa shape index (κ2) is 9.50. The van der Waals surface area contributed by atoms with Gasteiger partial charge in [0.2, 0.25) is 0 Å². The highest BCUT2D eigenvalue weighted by molar-refractivity contribution is 6.04. The van der Waals surface area contributed by atoms with Crippen LogP contribution in [0.2, 0.25) is 0 Å². The van der Waals surface area contributed by atoms with Gasteiger partial charge in [-0.05, 0) is 55.8 Å². The molecule has 1 heterocycles. The fraction of sp³-hybridized carbons (Fsp3) is 0.174. The van der Waals surface area contributed by atoms with E-state index in [0.717, 1.165) is 16.9 Å². The molecule has 3 rings (SSSR count). The molecular formula is C23H23N3O3. The summed E-state index contributed by atoms with van der Waals surface area (Å²) >= 11 is 0. The number of benzene rings is 2. The van der Waals surface area contributed by atoms with Gasteiger partial charge in [-0.15, -0.1) is 0 Å².